The zero-order chi connectivity index (χ0) is 14.4. The van der Waals surface area contributed by atoms with Gasteiger partial charge in [-0.25, -0.2) is 8.78 Å². The highest BCUT2D eigenvalue weighted by Crippen LogP contribution is 2.18. The van der Waals surface area contributed by atoms with Crippen molar-refractivity contribution in [2.24, 2.45) is 0 Å². The summed E-state index contributed by atoms with van der Waals surface area (Å²) in [6.07, 6.45) is 6.65. The van der Waals surface area contributed by atoms with Crippen molar-refractivity contribution < 1.29 is 13.6 Å². The summed E-state index contributed by atoms with van der Waals surface area (Å²) >= 11 is 0. The lowest BCUT2D eigenvalue weighted by molar-refractivity contribution is -0.120. The molecule has 0 aliphatic heterocycles. The molecule has 1 aromatic carbocycles. The Hall–Kier alpha value is -1.65. The zero-order valence-electron chi connectivity index (χ0n) is 11.4. The third-order valence-electron chi connectivity index (χ3n) is 3.61. The van der Waals surface area contributed by atoms with Crippen molar-refractivity contribution in [2.75, 3.05) is 11.9 Å². The summed E-state index contributed by atoms with van der Waals surface area (Å²) in [7, 11) is 0. The Labute approximate surface area is 117 Å². The van der Waals surface area contributed by atoms with Crippen molar-refractivity contribution in [2.45, 2.75) is 44.6 Å². The van der Waals surface area contributed by atoms with E-state index in [-0.39, 0.29) is 24.2 Å². The lowest BCUT2D eigenvalue weighted by Gasteiger charge is -2.16. The molecule has 2 N–H and O–H groups in total. The largest absolute Gasteiger partial charge is 0.371 e. The van der Waals surface area contributed by atoms with Gasteiger partial charge in [-0.3, -0.25) is 4.79 Å². The summed E-state index contributed by atoms with van der Waals surface area (Å²) in [5, 5.41) is 5.45. The molecule has 1 aromatic rings. The molecule has 1 amide bonds. The van der Waals surface area contributed by atoms with Crippen LogP contribution >= 0.6 is 0 Å². The highest BCUT2D eigenvalue weighted by molar-refractivity contribution is 5.81. The van der Waals surface area contributed by atoms with Crippen LogP contribution in [0.15, 0.2) is 18.2 Å². The number of carbonyl (C=O) groups is 1. The number of carbonyl (C=O) groups excluding carboxylic acids is 1. The van der Waals surface area contributed by atoms with Crippen LogP contribution in [0, 0.1) is 11.6 Å². The molecule has 3 nitrogen and oxygen atoms in total. The number of rotatable bonds is 4. The Kier molecular flexibility index (Phi) is 5.32. The summed E-state index contributed by atoms with van der Waals surface area (Å²) in [6.45, 7) is -0.117. The van der Waals surface area contributed by atoms with Gasteiger partial charge in [-0.1, -0.05) is 31.7 Å². The average Bonchev–Trinajstić information content (AvgIpc) is 2.67. The predicted octanol–water partition coefficient (Wildman–Crippen LogP) is 3.22. The molecule has 1 fully saturated rings. The number of anilines is 1. The van der Waals surface area contributed by atoms with Crippen LogP contribution in [0.2, 0.25) is 0 Å². The second kappa shape index (κ2) is 7.22. The van der Waals surface area contributed by atoms with Crippen LogP contribution in [0.1, 0.15) is 38.5 Å². The highest BCUT2D eigenvalue weighted by Gasteiger charge is 2.15. The highest BCUT2D eigenvalue weighted by atomic mass is 19.1. The maximum Gasteiger partial charge on any atom is 0.239 e. The maximum atomic E-state index is 13.4. The van der Waals surface area contributed by atoms with E-state index in [0.717, 1.165) is 37.8 Å². The first kappa shape index (κ1) is 14.8. The van der Waals surface area contributed by atoms with Crippen molar-refractivity contribution in [1.29, 1.82) is 0 Å². The van der Waals surface area contributed by atoms with Crippen LogP contribution in [0.3, 0.4) is 0 Å². The van der Waals surface area contributed by atoms with Crippen molar-refractivity contribution in [3.8, 4) is 0 Å². The van der Waals surface area contributed by atoms with Crippen LogP contribution < -0.4 is 10.6 Å². The molecule has 5 heteroatoms. The Balaban J connectivity index is 1.82. The lowest BCUT2D eigenvalue weighted by atomic mass is 10.1. The van der Waals surface area contributed by atoms with Crippen LogP contribution in [0.5, 0.6) is 0 Å². The lowest BCUT2D eigenvalue weighted by Crippen LogP contribution is -2.38. The molecule has 1 aliphatic rings. The van der Waals surface area contributed by atoms with Crippen molar-refractivity contribution >= 4 is 11.6 Å². The smallest absolute Gasteiger partial charge is 0.239 e. The molecule has 110 valence electrons. The van der Waals surface area contributed by atoms with Crippen LogP contribution in [0.25, 0.3) is 0 Å². The molecule has 1 saturated carbocycles. The SMILES string of the molecule is O=C(CNc1c(F)cccc1F)NC1CCCCCC1. The minimum Gasteiger partial charge on any atom is -0.371 e. The molecular formula is C15H20F2N2O. The second-order valence-corrected chi connectivity index (χ2v) is 5.21. The number of para-hydroxylation sites is 1. The Bertz CT molecular complexity index is 437. The maximum absolute atomic E-state index is 13.4. The van der Waals surface area contributed by atoms with Crippen LogP contribution in [-0.2, 0) is 4.79 Å². The van der Waals surface area contributed by atoms with E-state index in [9.17, 15) is 13.6 Å². The van der Waals surface area contributed by atoms with E-state index in [1.807, 2.05) is 0 Å². The van der Waals surface area contributed by atoms with Gasteiger partial charge in [-0.05, 0) is 25.0 Å². The molecular weight excluding hydrogens is 262 g/mol. The van der Waals surface area contributed by atoms with Crippen LogP contribution in [-0.4, -0.2) is 18.5 Å². The van der Waals surface area contributed by atoms with Gasteiger partial charge >= 0.3 is 0 Å². The normalized spacial score (nSPS) is 16.5. The molecule has 0 bridgehead atoms. The molecule has 0 atom stereocenters. The van der Waals surface area contributed by atoms with E-state index < -0.39 is 11.6 Å². The van der Waals surface area contributed by atoms with Gasteiger partial charge in [-0.15, -0.1) is 0 Å². The van der Waals surface area contributed by atoms with E-state index in [1.165, 1.54) is 18.9 Å². The summed E-state index contributed by atoms with van der Waals surface area (Å²) in [6, 6.07) is 3.81. The number of nitrogens with one attached hydrogen (secondary N) is 2. The zero-order valence-corrected chi connectivity index (χ0v) is 11.4. The summed E-state index contributed by atoms with van der Waals surface area (Å²) in [5.74, 6) is -1.60. The second-order valence-electron chi connectivity index (χ2n) is 5.21. The molecule has 0 heterocycles. The first-order chi connectivity index (χ1) is 9.66. The Morgan fingerprint density at radius 3 is 2.30 bits per heavy atom. The fraction of sp³-hybridized carbons (Fsp3) is 0.533. The first-order valence-electron chi connectivity index (χ1n) is 7.14. The van der Waals surface area contributed by atoms with E-state index >= 15 is 0 Å². The number of amides is 1. The molecule has 0 spiro atoms. The fourth-order valence-electron chi connectivity index (χ4n) is 2.54. The topological polar surface area (TPSA) is 41.1 Å². The summed E-state index contributed by atoms with van der Waals surface area (Å²) in [4.78, 5) is 11.8. The number of hydrogen-bond acceptors (Lipinski definition) is 2. The Morgan fingerprint density at radius 2 is 1.70 bits per heavy atom. The van der Waals surface area contributed by atoms with E-state index in [4.69, 9.17) is 0 Å². The fourth-order valence-corrected chi connectivity index (χ4v) is 2.54. The van der Waals surface area contributed by atoms with Crippen molar-refractivity contribution in [3.05, 3.63) is 29.8 Å². The summed E-state index contributed by atoms with van der Waals surface area (Å²) < 4.78 is 26.8. The first-order valence-corrected chi connectivity index (χ1v) is 7.14. The third kappa shape index (κ3) is 4.18. The molecule has 2 rings (SSSR count). The average molecular weight is 282 g/mol. The summed E-state index contributed by atoms with van der Waals surface area (Å²) in [5.41, 5.74) is -0.247. The van der Waals surface area contributed by atoms with Crippen molar-refractivity contribution in [3.63, 3.8) is 0 Å². The van der Waals surface area contributed by atoms with Gasteiger partial charge in [0, 0.05) is 6.04 Å². The van der Waals surface area contributed by atoms with E-state index in [1.54, 1.807) is 0 Å². The van der Waals surface area contributed by atoms with Gasteiger partial charge in [0.2, 0.25) is 5.91 Å². The standard InChI is InChI=1S/C15H20F2N2O/c16-12-8-5-9-13(17)15(12)18-10-14(20)19-11-6-3-1-2-4-7-11/h5,8-9,11,18H,1-4,6-7,10H2,(H,19,20). The van der Waals surface area contributed by atoms with Crippen molar-refractivity contribution in [1.82, 2.24) is 5.32 Å². The molecule has 0 saturated heterocycles. The van der Waals surface area contributed by atoms with Gasteiger partial charge < -0.3 is 10.6 Å². The predicted molar refractivity (Wildman–Crippen MR) is 74.5 cm³/mol. The number of halogens is 2. The molecule has 0 unspecified atom stereocenters. The van der Waals surface area contributed by atoms with E-state index in [2.05, 4.69) is 10.6 Å². The number of hydrogen-bond donors (Lipinski definition) is 2. The Morgan fingerprint density at radius 1 is 1.10 bits per heavy atom. The van der Waals surface area contributed by atoms with E-state index in [0.29, 0.717) is 0 Å². The monoisotopic (exact) mass is 282 g/mol. The quantitative estimate of drug-likeness (QED) is 0.833. The van der Waals surface area contributed by atoms with Gasteiger partial charge in [0.05, 0.1) is 6.54 Å². The van der Waals surface area contributed by atoms with Gasteiger partial charge in [0.15, 0.2) is 0 Å². The molecule has 0 radical (unpaired) electrons. The molecule has 20 heavy (non-hydrogen) atoms. The number of benzene rings is 1. The van der Waals surface area contributed by atoms with Crippen LogP contribution in [0.4, 0.5) is 14.5 Å². The minimum atomic E-state index is -0.688. The van der Waals surface area contributed by atoms with Gasteiger partial charge in [-0.2, -0.15) is 0 Å². The molecule has 1 aliphatic carbocycles. The minimum absolute atomic E-state index is 0.117. The van der Waals surface area contributed by atoms with Gasteiger partial charge in [0.25, 0.3) is 0 Å². The third-order valence-corrected chi connectivity index (χ3v) is 3.61. The molecule has 0 aromatic heterocycles. The van der Waals surface area contributed by atoms with Gasteiger partial charge in [0.1, 0.15) is 17.3 Å².